The van der Waals surface area contributed by atoms with Gasteiger partial charge in [-0.15, -0.1) is 0 Å². The predicted molar refractivity (Wildman–Crippen MR) is 75.4 cm³/mol. The summed E-state index contributed by atoms with van der Waals surface area (Å²) >= 11 is 5.72. The fourth-order valence-corrected chi connectivity index (χ4v) is 1.67. The molecule has 0 unspecified atom stereocenters. The largest absolute Gasteiger partial charge is 0.320 e. The number of rotatable bonds is 3. The Labute approximate surface area is 123 Å². The van der Waals surface area contributed by atoms with Crippen molar-refractivity contribution in [2.24, 2.45) is 0 Å². The molecule has 6 heteroatoms. The highest BCUT2D eigenvalue weighted by atomic mass is 35.5. The van der Waals surface area contributed by atoms with E-state index < -0.39 is 29.0 Å². The number of anilines is 1. The maximum atomic E-state index is 13.4. The quantitative estimate of drug-likeness (QED) is 0.660. The van der Waals surface area contributed by atoms with Crippen molar-refractivity contribution in [2.45, 2.75) is 0 Å². The lowest BCUT2D eigenvalue weighted by molar-refractivity contribution is -0.111. The van der Waals surface area contributed by atoms with Crippen LogP contribution in [0.3, 0.4) is 0 Å². The number of carbonyl (C=O) groups excluding carboxylic acids is 1. The molecule has 1 N–H and O–H groups in total. The molecule has 0 bridgehead atoms. The van der Waals surface area contributed by atoms with Crippen molar-refractivity contribution in [1.29, 1.82) is 0 Å². The molecule has 2 aromatic rings. The molecule has 1 amide bonds. The van der Waals surface area contributed by atoms with Gasteiger partial charge in [0.25, 0.3) is 0 Å². The molecule has 0 spiro atoms. The van der Waals surface area contributed by atoms with Crippen LogP contribution in [0.2, 0.25) is 5.02 Å². The first-order chi connectivity index (χ1) is 9.97. The standard InChI is InChI=1S/C15H9ClF3NO/c16-10-4-1-9(2-5-10)3-8-13(21)20-12-7-6-11(17)14(18)15(12)19/h1-8H,(H,20,21). The average Bonchev–Trinajstić information content (AvgIpc) is 2.47. The molecule has 2 rings (SSSR count). The Morgan fingerprint density at radius 1 is 1.00 bits per heavy atom. The second kappa shape index (κ2) is 6.45. The third-order valence-corrected chi connectivity index (χ3v) is 2.84. The number of nitrogens with one attached hydrogen (secondary N) is 1. The lowest BCUT2D eigenvalue weighted by atomic mass is 10.2. The van der Waals surface area contributed by atoms with Crippen LogP contribution in [-0.2, 0) is 4.79 Å². The molecule has 0 aromatic heterocycles. The fraction of sp³-hybridized carbons (Fsp3) is 0. The maximum absolute atomic E-state index is 13.4. The van der Waals surface area contributed by atoms with E-state index in [1.54, 1.807) is 24.3 Å². The van der Waals surface area contributed by atoms with E-state index in [1.807, 2.05) is 0 Å². The summed E-state index contributed by atoms with van der Waals surface area (Å²) in [7, 11) is 0. The predicted octanol–water partition coefficient (Wildman–Crippen LogP) is 4.41. The molecule has 0 heterocycles. The molecule has 2 nitrogen and oxygen atoms in total. The molecule has 0 fully saturated rings. The van der Waals surface area contributed by atoms with Crippen LogP contribution in [0.5, 0.6) is 0 Å². The topological polar surface area (TPSA) is 29.1 Å². The smallest absolute Gasteiger partial charge is 0.248 e. The number of carbonyl (C=O) groups is 1. The van der Waals surface area contributed by atoms with Gasteiger partial charge >= 0.3 is 0 Å². The molecule has 2 aromatic carbocycles. The molecule has 0 radical (unpaired) electrons. The van der Waals surface area contributed by atoms with E-state index in [9.17, 15) is 18.0 Å². The van der Waals surface area contributed by atoms with Gasteiger partial charge in [0, 0.05) is 11.1 Å². The minimum atomic E-state index is -1.63. The van der Waals surface area contributed by atoms with Gasteiger partial charge in [0.05, 0.1) is 5.69 Å². The van der Waals surface area contributed by atoms with Crippen LogP contribution in [0, 0.1) is 17.5 Å². The lowest BCUT2D eigenvalue weighted by Gasteiger charge is -2.04. The Bertz CT molecular complexity index is 699. The zero-order valence-corrected chi connectivity index (χ0v) is 11.3. The molecule has 0 saturated carbocycles. The van der Waals surface area contributed by atoms with E-state index in [1.165, 1.54) is 6.08 Å². The summed E-state index contributed by atoms with van der Waals surface area (Å²) in [5.74, 6) is -5.06. The van der Waals surface area contributed by atoms with Crippen LogP contribution < -0.4 is 5.32 Å². The highest BCUT2D eigenvalue weighted by Gasteiger charge is 2.14. The third kappa shape index (κ3) is 3.86. The summed E-state index contributed by atoms with van der Waals surface area (Å²) < 4.78 is 39.1. The van der Waals surface area contributed by atoms with Gasteiger partial charge in [-0.05, 0) is 35.9 Å². The highest BCUT2D eigenvalue weighted by molar-refractivity contribution is 6.30. The summed E-state index contributed by atoms with van der Waals surface area (Å²) in [5, 5.41) is 2.68. The Kier molecular flexibility index (Phi) is 4.65. The van der Waals surface area contributed by atoms with Gasteiger partial charge in [0.2, 0.25) is 5.91 Å². The van der Waals surface area contributed by atoms with Crippen molar-refractivity contribution in [3.63, 3.8) is 0 Å². The maximum Gasteiger partial charge on any atom is 0.248 e. The molecule has 108 valence electrons. The minimum Gasteiger partial charge on any atom is -0.320 e. The molecular weight excluding hydrogens is 303 g/mol. The summed E-state index contributed by atoms with van der Waals surface area (Å²) in [6.07, 6.45) is 2.62. The zero-order chi connectivity index (χ0) is 15.4. The molecular formula is C15H9ClF3NO. The Hall–Kier alpha value is -2.27. The van der Waals surface area contributed by atoms with E-state index in [4.69, 9.17) is 11.6 Å². The third-order valence-electron chi connectivity index (χ3n) is 2.59. The van der Waals surface area contributed by atoms with Crippen LogP contribution in [0.4, 0.5) is 18.9 Å². The van der Waals surface area contributed by atoms with E-state index in [0.29, 0.717) is 10.6 Å². The van der Waals surface area contributed by atoms with Crippen LogP contribution in [-0.4, -0.2) is 5.91 Å². The SMILES string of the molecule is O=C(C=Cc1ccc(Cl)cc1)Nc1ccc(F)c(F)c1F. The van der Waals surface area contributed by atoms with Crippen LogP contribution in [0.15, 0.2) is 42.5 Å². The first kappa shape index (κ1) is 15.1. The molecule has 21 heavy (non-hydrogen) atoms. The van der Waals surface area contributed by atoms with Gasteiger partial charge < -0.3 is 5.32 Å². The van der Waals surface area contributed by atoms with Crippen molar-refractivity contribution in [3.05, 3.63) is 70.5 Å². The monoisotopic (exact) mass is 311 g/mol. The van der Waals surface area contributed by atoms with E-state index in [-0.39, 0.29) is 0 Å². The molecule has 0 aliphatic heterocycles. The summed E-state index contributed by atoms with van der Waals surface area (Å²) in [6.45, 7) is 0. The van der Waals surface area contributed by atoms with Crippen LogP contribution >= 0.6 is 11.6 Å². The highest BCUT2D eigenvalue weighted by Crippen LogP contribution is 2.19. The van der Waals surface area contributed by atoms with Gasteiger partial charge in [-0.3, -0.25) is 4.79 Å². The van der Waals surface area contributed by atoms with Crippen molar-refractivity contribution >= 4 is 29.3 Å². The first-order valence-electron chi connectivity index (χ1n) is 5.85. The first-order valence-corrected chi connectivity index (χ1v) is 6.23. The van der Waals surface area contributed by atoms with Crippen molar-refractivity contribution in [2.75, 3.05) is 5.32 Å². The number of amides is 1. The number of benzene rings is 2. The minimum absolute atomic E-state index is 0.431. The lowest BCUT2D eigenvalue weighted by Crippen LogP contribution is -2.10. The molecule has 0 aliphatic carbocycles. The summed E-state index contributed by atoms with van der Waals surface area (Å²) in [5.41, 5.74) is 0.278. The van der Waals surface area contributed by atoms with Crippen LogP contribution in [0.1, 0.15) is 5.56 Å². The van der Waals surface area contributed by atoms with Crippen molar-refractivity contribution in [1.82, 2.24) is 0 Å². The normalized spacial score (nSPS) is 10.9. The van der Waals surface area contributed by atoms with Crippen molar-refractivity contribution in [3.8, 4) is 0 Å². The summed E-state index contributed by atoms with van der Waals surface area (Å²) in [6, 6.07) is 8.34. The van der Waals surface area contributed by atoms with Gasteiger partial charge in [-0.25, -0.2) is 13.2 Å². The van der Waals surface area contributed by atoms with E-state index >= 15 is 0 Å². The van der Waals surface area contributed by atoms with E-state index in [2.05, 4.69) is 5.32 Å². The Balaban J connectivity index is 2.08. The van der Waals surface area contributed by atoms with Gasteiger partial charge in [0.15, 0.2) is 17.5 Å². The number of hydrogen-bond acceptors (Lipinski definition) is 1. The van der Waals surface area contributed by atoms with Gasteiger partial charge in [0.1, 0.15) is 0 Å². The Morgan fingerprint density at radius 3 is 2.33 bits per heavy atom. The van der Waals surface area contributed by atoms with Gasteiger partial charge in [-0.1, -0.05) is 23.7 Å². The average molecular weight is 312 g/mol. The molecule has 0 saturated heterocycles. The van der Waals surface area contributed by atoms with Gasteiger partial charge in [-0.2, -0.15) is 0 Å². The van der Waals surface area contributed by atoms with Crippen molar-refractivity contribution < 1.29 is 18.0 Å². The zero-order valence-electron chi connectivity index (χ0n) is 10.5. The second-order valence-electron chi connectivity index (χ2n) is 4.10. The Morgan fingerprint density at radius 2 is 1.67 bits per heavy atom. The fourth-order valence-electron chi connectivity index (χ4n) is 1.54. The van der Waals surface area contributed by atoms with E-state index in [0.717, 1.165) is 18.2 Å². The van der Waals surface area contributed by atoms with Crippen LogP contribution in [0.25, 0.3) is 6.08 Å². The molecule has 0 atom stereocenters. The summed E-state index contributed by atoms with van der Waals surface area (Å²) in [4.78, 5) is 11.6. The number of hydrogen-bond donors (Lipinski definition) is 1. The second-order valence-corrected chi connectivity index (χ2v) is 4.53. The number of halogens is 4. The molecule has 0 aliphatic rings.